The first-order chi connectivity index (χ1) is 7.35. The van der Waals surface area contributed by atoms with E-state index < -0.39 is 11.7 Å². The second kappa shape index (κ2) is 7.05. The Kier molecular flexibility index (Phi) is 6.48. The number of hydrogen-bond acceptors (Lipinski definition) is 4. The summed E-state index contributed by atoms with van der Waals surface area (Å²) >= 11 is 0. The van der Waals surface area contributed by atoms with Crippen molar-refractivity contribution in [2.24, 2.45) is 5.73 Å². The van der Waals surface area contributed by atoms with Crippen molar-refractivity contribution >= 4 is 12.0 Å². The van der Waals surface area contributed by atoms with Gasteiger partial charge in [-0.2, -0.15) is 0 Å². The number of carbonyl (C=O) groups excluding carboxylic acids is 2. The molecule has 16 heavy (non-hydrogen) atoms. The van der Waals surface area contributed by atoms with Gasteiger partial charge in [-0.15, -0.1) is 0 Å². The van der Waals surface area contributed by atoms with Crippen molar-refractivity contribution in [1.82, 2.24) is 10.6 Å². The highest BCUT2D eigenvalue weighted by Crippen LogP contribution is 2.06. The smallest absolute Gasteiger partial charge is 0.407 e. The van der Waals surface area contributed by atoms with Crippen molar-refractivity contribution in [3.8, 4) is 0 Å². The Balaban J connectivity index is 3.58. The monoisotopic (exact) mass is 231 g/mol. The van der Waals surface area contributed by atoms with Crippen molar-refractivity contribution in [3.05, 3.63) is 0 Å². The van der Waals surface area contributed by atoms with Gasteiger partial charge in [-0.1, -0.05) is 0 Å². The van der Waals surface area contributed by atoms with Gasteiger partial charge in [0.1, 0.15) is 5.60 Å². The number of nitrogens with two attached hydrogens (primary N) is 1. The quantitative estimate of drug-likeness (QED) is 0.619. The van der Waals surface area contributed by atoms with Gasteiger partial charge >= 0.3 is 6.09 Å². The predicted octanol–water partition coefficient (Wildman–Crippen LogP) is -0.0239. The molecule has 4 N–H and O–H groups in total. The molecule has 0 unspecified atom stereocenters. The average Bonchev–Trinajstić information content (AvgIpc) is 2.11. The van der Waals surface area contributed by atoms with E-state index in [4.69, 9.17) is 10.5 Å². The lowest BCUT2D eigenvalue weighted by Crippen LogP contribution is -2.36. The zero-order valence-corrected chi connectivity index (χ0v) is 10.1. The summed E-state index contributed by atoms with van der Waals surface area (Å²) in [6.45, 7) is 6.45. The molecule has 94 valence electrons. The normalized spacial score (nSPS) is 10.8. The summed E-state index contributed by atoms with van der Waals surface area (Å²) in [5.74, 6) is -0.137. The van der Waals surface area contributed by atoms with Crippen molar-refractivity contribution in [1.29, 1.82) is 0 Å². The number of rotatable bonds is 5. The SMILES string of the molecule is CC(C)(C)OC(=O)NCCC(=O)NCCN. The molecule has 0 saturated heterocycles. The molecule has 6 heteroatoms. The van der Waals surface area contributed by atoms with E-state index in [1.165, 1.54) is 0 Å². The standard InChI is InChI=1S/C10H21N3O3/c1-10(2,3)16-9(15)13-6-4-8(14)12-7-5-11/h4-7,11H2,1-3H3,(H,12,14)(H,13,15). The van der Waals surface area contributed by atoms with Crippen LogP contribution in [0.1, 0.15) is 27.2 Å². The first-order valence-corrected chi connectivity index (χ1v) is 5.29. The summed E-state index contributed by atoms with van der Waals surface area (Å²) in [6, 6.07) is 0. The van der Waals surface area contributed by atoms with Crippen molar-refractivity contribution < 1.29 is 14.3 Å². The van der Waals surface area contributed by atoms with Crippen LogP contribution in [0.25, 0.3) is 0 Å². The molecule has 0 spiro atoms. The largest absolute Gasteiger partial charge is 0.444 e. The number of hydrogen-bond donors (Lipinski definition) is 3. The highest BCUT2D eigenvalue weighted by Gasteiger charge is 2.15. The molecule has 0 fully saturated rings. The zero-order chi connectivity index (χ0) is 12.6. The van der Waals surface area contributed by atoms with Crippen LogP contribution in [-0.2, 0) is 9.53 Å². The topological polar surface area (TPSA) is 93.4 Å². The Morgan fingerprint density at radius 3 is 2.31 bits per heavy atom. The summed E-state index contributed by atoms with van der Waals surface area (Å²) in [5.41, 5.74) is 4.70. The minimum absolute atomic E-state index is 0.137. The third kappa shape index (κ3) is 9.26. The number of alkyl carbamates (subject to hydrolysis) is 1. The molecule has 0 aliphatic heterocycles. The molecule has 0 aliphatic rings. The highest BCUT2D eigenvalue weighted by molar-refractivity contribution is 5.77. The number of nitrogens with one attached hydrogen (secondary N) is 2. The van der Waals surface area contributed by atoms with Crippen molar-refractivity contribution in [3.63, 3.8) is 0 Å². The van der Waals surface area contributed by atoms with Crippen LogP contribution in [0.4, 0.5) is 4.79 Å². The fourth-order valence-electron chi connectivity index (χ4n) is 0.892. The molecule has 0 bridgehead atoms. The molecule has 0 heterocycles. The van der Waals surface area contributed by atoms with Crippen LogP contribution in [0.15, 0.2) is 0 Å². The molecule has 6 nitrogen and oxygen atoms in total. The zero-order valence-electron chi connectivity index (χ0n) is 10.1. The summed E-state index contributed by atoms with van der Waals surface area (Å²) in [7, 11) is 0. The summed E-state index contributed by atoms with van der Waals surface area (Å²) in [6.07, 6.45) is -0.293. The van der Waals surface area contributed by atoms with Crippen molar-refractivity contribution in [2.75, 3.05) is 19.6 Å². The molecule has 0 rings (SSSR count). The maximum atomic E-state index is 11.2. The molecular weight excluding hydrogens is 210 g/mol. The summed E-state index contributed by atoms with van der Waals surface area (Å²) in [5, 5.41) is 5.09. The second-order valence-electron chi connectivity index (χ2n) is 4.32. The minimum Gasteiger partial charge on any atom is -0.444 e. The third-order valence-corrected chi connectivity index (χ3v) is 1.49. The fourth-order valence-corrected chi connectivity index (χ4v) is 0.892. The predicted molar refractivity (Wildman–Crippen MR) is 60.9 cm³/mol. The van der Waals surface area contributed by atoms with Crippen molar-refractivity contribution in [2.45, 2.75) is 32.8 Å². The number of ether oxygens (including phenoxy) is 1. The van der Waals surface area contributed by atoms with E-state index in [0.717, 1.165) is 0 Å². The van der Waals surface area contributed by atoms with Gasteiger partial charge < -0.3 is 21.1 Å². The lowest BCUT2D eigenvalue weighted by molar-refractivity contribution is -0.120. The maximum Gasteiger partial charge on any atom is 0.407 e. The average molecular weight is 231 g/mol. The van der Waals surface area contributed by atoms with Gasteiger partial charge in [0.2, 0.25) is 5.91 Å². The molecule has 0 radical (unpaired) electrons. The Bertz CT molecular complexity index is 236. The lowest BCUT2D eigenvalue weighted by atomic mass is 10.2. The van der Waals surface area contributed by atoms with Gasteiger partial charge in [-0.25, -0.2) is 4.79 Å². The molecule has 0 aromatic rings. The number of carbonyl (C=O) groups is 2. The van der Waals surface area contributed by atoms with E-state index >= 15 is 0 Å². The molecule has 0 aromatic carbocycles. The fraction of sp³-hybridized carbons (Fsp3) is 0.800. The molecule has 0 aromatic heterocycles. The molecule has 2 amide bonds. The van der Waals surface area contributed by atoms with E-state index in [-0.39, 0.29) is 18.9 Å². The van der Waals surface area contributed by atoms with Crippen LogP contribution < -0.4 is 16.4 Å². The van der Waals surface area contributed by atoms with Crippen LogP contribution in [0.2, 0.25) is 0 Å². The molecular formula is C10H21N3O3. The molecule has 0 saturated carbocycles. The van der Waals surface area contributed by atoms with E-state index in [0.29, 0.717) is 13.1 Å². The van der Waals surface area contributed by atoms with Gasteiger partial charge in [-0.3, -0.25) is 4.79 Å². The van der Waals surface area contributed by atoms with E-state index in [1.807, 2.05) is 0 Å². The highest BCUT2D eigenvalue weighted by atomic mass is 16.6. The maximum absolute atomic E-state index is 11.2. The van der Waals surface area contributed by atoms with Crippen LogP contribution >= 0.6 is 0 Å². The Labute approximate surface area is 95.9 Å². The third-order valence-electron chi connectivity index (χ3n) is 1.49. The first-order valence-electron chi connectivity index (χ1n) is 5.29. The van der Waals surface area contributed by atoms with Crippen LogP contribution in [0.3, 0.4) is 0 Å². The van der Waals surface area contributed by atoms with Crippen LogP contribution in [-0.4, -0.2) is 37.2 Å². The van der Waals surface area contributed by atoms with Crippen LogP contribution in [0.5, 0.6) is 0 Å². The Morgan fingerprint density at radius 1 is 1.19 bits per heavy atom. The van der Waals surface area contributed by atoms with Crippen LogP contribution in [0, 0.1) is 0 Å². The molecule has 0 atom stereocenters. The van der Waals surface area contributed by atoms with Gasteiger partial charge in [0, 0.05) is 26.1 Å². The minimum atomic E-state index is -0.522. The van der Waals surface area contributed by atoms with E-state index in [2.05, 4.69) is 10.6 Å². The van der Waals surface area contributed by atoms with Gasteiger partial charge in [0.05, 0.1) is 0 Å². The summed E-state index contributed by atoms with van der Waals surface area (Å²) in [4.78, 5) is 22.3. The summed E-state index contributed by atoms with van der Waals surface area (Å²) < 4.78 is 5.00. The second-order valence-corrected chi connectivity index (χ2v) is 4.32. The van der Waals surface area contributed by atoms with Gasteiger partial charge in [-0.05, 0) is 20.8 Å². The Morgan fingerprint density at radius 2 is 1.81 bits per heavy atom. The lowest BCUT2D eigenvalue weighted by Gasteiger charge is -2.19. The van der Waals surface area contributed by atoms with E-state index in [9.17, 15) is 9.59 Å². The first kappa shape index (κ1) is 14.7. The van der Waals surface area contributed by atoms with Gasteiger partial charge in [0.25, 0.3) is 0 Å². The van der Waals surface area contributed by atoms with Gasteiger partial charge in [0.15, 0.2) is 0 Å². The Hall–Kier alpha value is -1.30. The molecule has 0 aliphatic carbocycles. The number of amides is 2. The van der Waals surface area contributed by atoms with E-state index in [1.54, 1.807) is 20.8 Å².